The van der Waals surface area contributed by atoms with Crippen molar-refractivity contribution in [3.8, 4) is 0 Å². The molecular weight excluding hydrogens is 279 g/mol. The van der Waals surface area contributed by atoms with Crippen LogP contribution in [-0.2, 0) is 0 Å². The van der Waals surface area contributed by atoms with E-state index in [4.69, 9.17) is 5.73 Å². The van der Waals surface area contributed by atoms with Crippen LogP contribution in [0.4, 0.5) is 21.0 Å². The highest BCUT2D eigenvalue weighted by molar-refractivity contribution is 7.18. The van der Waals surface area contributed by atoms with Crippen molar-refractivity contribution in [1.82, 2.24) is 4.98 Å². The second kappa shape index (κ2) is 5.87. The Morgan fingerprint density at radius 1 is 1.50 bits per heavy atom. The predicted octanol–water partition coefficient (Wildman–Crippen LogP) is 2.86. The molecule has 20 heavy (non-hydrogen) atoms. The Hall–Kier alpha value is -2.15. The topological polar surface area (TPSA) is 80.0 Å². The number of nitrogens with one attached hydrogen (secondary N) is 2. The number of amides is 1. The number of nitrogens with two attached hydrogens (primary N) is 1. The van der Waals surface area contributed by atoms with Gasteiger partial charge in [0.25, 0.3) is 5.91 Å². The molecule has 5 nitrogen and oxygen atoms in total. The van der Waals surface area contributed by atoms with E-state index in [1.54, 1.807) is 13.0 Å². The third-order valence-corrected chi connectivity index (χ3v) is 3.63. The van der Waals surface area contributed by atoms with E-state index in [0.717, 1.165) is 0 Å². The first-order valence-corrected chi connectivity index (χ1v) is 6.90. The lowest BCUT2D eigenvalue weighted by molar-refractivity contribution is 0.103. The summed E-state index contributed by atoms with van der Waals surface area (Å²) in [5.74, 6) is -0.479. The molecule has 4 N–H and O–H groups in total. The van der Waals surface area contributed by atoms with Gasteiger partial charge in [-0.25, -0.2) is 9.37 Å². The van der Waals surface area contributed by atoms with E-state index in [-0.39, 0.29) is 17.5 Å². The average molecular weight is 294 g/mol. The van der Waals surface area contributed by atoms with Crippen molar-refractivity contribution >= 4 is 33.9 Å². The fourth-order valence-electron chi connectivity index (χ4n) is 1.63. The molecule has 0 spiro atoms. The summed E-state index contributed by atoms with van der Waals surface area (Å²) in [7, 11) is 0. The van der Waals surface area contributed by atoms with Gasteiger partial charge in [0.2, 0.25) is 0 Å². The Labute approximate surface area is 120 Å². The molecule has 0 saturated heterocycles. The molecule has 0 bridgehead atoms. The lowest BCUT2D eigenvalue weighted by atomic mass is 10.2. The lowest BCUT2D eigenvalue weighted by Gasteiger charge is -2.05. The highest BCUT2D eigenvalue weighted by Gasteiger charge is 2.16. The third-order valence-electron chi connectivity index (χ3n) is 2.60. The zero-order chi connectivity index (χ0) is 14.7. The number of nitrogen functional groups attached to an aromatic ring is 1. The van der Waals surface area contributed by atoms with E-state index in [1.165, 1.54) is 23.5 Å². The smallest absolute Gasteiger partial charge is 0.269 e. The van der Waals surface area contributed by atoms with Crippen LogP contribution in [-0.4, -0.2) is 17.4 Å². The summed E-state index contributed by atoms with van der Waals surface area (Å²) in [6.45, 7) is 4.26. The summed E-state index contributed by atoms with van der Waals surface area (Å²) in [4.78, 5) is 16.5. The van der Waals surface area contributed by atoms with Crippen LogP contribution in [0.25, 0.3) is 0 Å². The molecule has 106 valence electrons. The molecule has 0 aliphatic heterocycles. The largest absolute Gasteiger partial charge is 0.382 e. The first-order valence-electron chi connectivity index (χ1n) is 6.09. The van der Waals surface area contributed by atoms with E-state index in [0.29, 0.717) is 27.8 Å². The Morgan fingerprint density at radius 2 is 2.25 bits per heavy atom. The summed E-state index contributed by atoms with van der Waals surface area (Å²) in [6.07, 6.45) is 0. The van der Waals surface area contributed by atoms with Crippen LogP contribution in [0.3, 0.4) is 0 Å². The number of benzene rings is 1. The highest BCUT2D eigenvalue weighted by Crippen LogP contribution is 2.26. The van der Waals surface area contributed by atoms with Crippen LogP contribution in [0.15, 0.2) is 18.2 Å². The van der Waals surface area contributed by atoms with E-state index in [2.05, 4.69) is 15.6 Å². The summed E-state index contributed by atoms with van der Waals surface area (Å²) < 4.78 is 13.2. The van der Waals surface area contributed by atoms with Gasteiger partial charge in [0.05, 0.1) is 0 Å². The maximum atomic E-state index is 13.2. The zero-order valence-electron chi connectivity index (χ0n) is 11.2. The monoisotopic (exact) mass is 294 g/mol. The summed E-state index contributed by atoms with van der Waals surface area (Å²) in [6, 6.07) is 4.38. The molecular formula is C13H15FN4OS. The first-order chi connectivity index (χ1) is 9.51. The van der Waals surface area contributed by atoms with Crippen molar-refractivity contribution in [2.24, 2.45) is 0 Å². The molecule has 1 aromatic heterocycles. The van der Waals surface area contributed by atoms with Gasteiger partial charge in [-0.3, -0.25) is 4.79 Å². The van der Waals surface area contributed by atoms with Crippen molar-refractivity contribution in [2.45, 2.75) is 13.8 Å². The van der Waals surface area contributed by atoms with Crippen LogP contribution in [0, 0.1) is 12.7 Å². The molecule has 0 aliphatic carbocycles. The number of rotatable bonds is 4. The molecule has 0 aliphatic rings. The minimum Gasteiger partial charge on any atom is -0.382 e. The molecule has 1 amide bonds. The number of thiazole rings is 1. The molecule has 0 unspecified atom stereocenters. The van der Waals surface area contributed by atoms with Gasteiger partial charge in [-0.05, 0) is 37.6 Å². The minimum absolute atomic E-state index is 0.183. The maximum absolute atomic E-state index is 13.2. The van der Waals surface area contributed by atoms with E-state index in [1.807, 2.05) is 6.92 Å². The molecule has 1 heterocycles. The van der Waals surface area contributed by atoms with E-state index in [9.17, 15) is 9.18 Å². The summed E-state index contributed by atoms with van der Waals surface area (Å²) in [5.41, 5.74) is 6.70. The van der Waals surface area contributed by atoms with Crippen molar-refractivity contribution in [1.29, 1.82) is 0 Å². The minimum atomic E-state index is -0.352. The maximum Gasteiger partial charge on any atom is 0.269 e. The van der Waals surface area contributed by atoms with Crippen LogP contribution in [0.5, 0.6) is 0 Å². The third kappa shape index (κ3) is 3.05. The van der Waals surface area contributed by atoms with Gasteiger partial charge in [0.15, 0.2) is 5.13 Å². The number of aryl methyl sites for hydroxylation is 1. The lowest BCUT2D eigenvalue weighted by Crippen LogP contribution is -2.12. The van der Waals surface area contributed by atoms with Gasteiger partial charge in [0.1, 0.15) is 16.5 Å². The van der Waals surface area contributed by atoms with Gasteiger partial charge in [-0.1, -0.05) is 11.3 Å². The summed E-state index contributed by atoms with van der Waals surface area (Å²) >= 11 is 1.19. The molecule has 1 aromatic carbocycles. The van der Waals surface area contributed by atoms with Gasteiger partial charge in [-0.15, -0.1) is 0 Å². The number of aromatic nitrogens is 1. The van der Waals surface area contributed by atoms with Gasteiger partial charge < -0.3 is 16.4 Å². The van der Waals surface area contributed by atoms with Crippen molar-refractivity contribution < 1.29 is 9.18 Å². The number of nitrogens with zero attached hydrogens (tertiary/aromatic N) is 1. The van der Waals surface area contributed by atoms with Crippen molar-refractivity contribution in [3.63, 3.8) is 0 Å². The molecule has 0 atom stereocenters. The number of anilines is 3. The molecule has 2 aromatic rings. The summed E-state index contributed by atoms with van der Waals surface area (Å²) in [5, 5.41) is 6.28. The second-order valence-corrected chi connectivity index (χ2v) is 5.18. The average Bonchev–Trinajstić information content (AvgIpc) is 2.75. The van der Waals surface area contributed by atoms with Crippen LogP contribution >= 0.6 is 11.3 Å². The number of hydrogen-bond acceptors (Lipinski definition) is 5. The standard InChI is InChI=1S/C13H15FN4OS/c1-3-16-13-18-11(15)10(20-13)12(19)17-8-4-5-9(14)7(2)6-8/h4-6H,3,15H2,1-2H3,(H,16,18)(H,17,19). The normalized spacial score (nSPS) is 10.3. The van der Waals surface area contributed by atoms with E-state index < -0.39 is 0 Å². The Morgan fingerprint density at radius 3 is 2.90 bits per heavy atom. The van der Waals surface area contributed by atoms with Crippen molar-refractivity contribution in [3.05, 3.63) is 34.5 Å². The molecule has 2 rings (SSSR count). The highest BCUT2D eigenvalue weighted by atomic mass is 32.1. The zero-order valence-corrected chi connectivity index (χ0v) is 12.0. The fraction of sp³-hybridized carbons (Fsp3) is 0.231. The number of carbonyl (C=O) groups excluding carboxylic acids is 1. The van der Waals surface area contributed by atoms with Crippen LogP contribution in [0.1, 0.15) is 22.2 Å². The van der Waals surface area contributed by atoms with Crippen LogP contribution in [0.2, 0.25) is 0 Å². The molecule has 0 saturated carbocycles. The van der Waals surface area contributed by atoms with Crippen molar-refractivity contribution in [2.75, 3.05) is 22.9 Å². The van der Waals surface area contributed by atoms with Gasteiger partial charge >= 0.3 is 0 Å². The number of carbonyl (C=O) groups is 1. The van der Waals surface area contributed by atoms with Gasteiger partial charge in [-0.2, -0.15) is 0 Å². The molecule has 7 heteroatoms. The quantitative estimate of drug-likeness (QED) is 0.810. The Bertz CT molecular complexity index is 641. The predicted molar refractivity (Wildman–Crippen MR) is 79.8 cm³/mol. The number of hydrogen-bond donors (Lipinski definition) is 3. The van der Waals surface area contributed by atoms with Gasteiger partial charge in [0, 0.05) is 12.2 Å². The molecule has 0 fully saturated rings. The first kappa shape index (κ1) is 14.3. The fourth-order valence-corrected chi connectivity index (χ4v) is 2.48. The van der Waals surface area contributed by atoms with E-state index >= 15 is 0 Å². The SMILES string of the molecule is CCNc1nc(N)c(C(=O)Nc2ccc(F)c(C)c2)s1. The Kier molecular flexibility index (Phi) is 4.19. The Balaban J connectivity index is 2.17. The number of halogens is 1. The molecule has 0 radical (unpaired) electrons. The van der Waals surface area contributed by atoms with Crippen LogP contribution < -0.4 is 16.4 Å². The second-order valence-electron chi connectivity index (χ2n) is 4.18.